The summed E-state index contributed by atoms with van der Waals surface area (Å²) in [6.45, 7) is 4.04. The number of carbonyl (C=O) groups is 1. The Morgan fingerprint density at radius 2 is 2.12 bits per heavy atom. The Morgan fingerprint density at radius 1 is 1.38 bits per heavy atom. The maximum absolute atomic E-state index is 13.4. The first kappa shape index (κ1) is 18.5. The fourth-order valence-electron chi connectivity index (χ4n) is 3.18. The number of fused-ring (bicyclic) bond motifs is 1. The molecule has 1 amide bonds. The second-order valence-electron chi connectivity index (χ2n) is 6.60. The minimum absolute atomic E-state index is 0.00947. The van der Waals surface area contributed by atoms with Crippen molar-refractivity contribution in [2.45, 2.75) is 32.4 Å². The van der Waals surface area contributed by atoms with Gasteiger partial charge in [0.1, 0.15) is 11.9 Å². The number of halogens is 1. The van der Waals surface area contributed by atoms with Crippen molar-refractivity contribution in [1.82, 2.24) is 13.9 Å². The van der Waals surface area contributed by atoms with Gasteiger partial charge in [-0.2, -0.15) is 4.31 Å². The normalized spacial score (nSPS) is 18.0. The Labute approximate surface area is 151 Å². The van der Waals surface area contributed by atoms with Gasteiger partial charge in [0, 0.05) is 24.7 Å². The van der Waals surface area contributed by atoms with E-state index in [9.17, 15) is 17.6 Å². The number of imidazole rings is 1. The standard InChI is InChI=1S/C17H21FN4O3S/c1-11(2)21-10-19-14-7-8-22(26(3,24)25)16(15(14)21)17(23)20-13-6-4-5-12(18)9-13/h4-6,9-11,16H,7-8H2,1-3H3,(H,20,23)/t16-/m1/s1. The van der Waals surface area contributed by atoms with Gasteiger partial charge in [0.15, 0.2) is 0 Å². The molecule has 3 rings (SSSR count). The molecule has 0 bridgehead atoms. The Morgan fingerprint density at radius 3 is 2.73 bits per heavy atom. The van der Waals surface area contributed by atoms with E-state index in [1.165, 1.54) is 22.5 Å². The number of hydrogen-bond donors (Lipinski definition) is 1. The van der Waals surface area contributed by atoms with Crippen molar-refractivity contribution in [1.29, 1.82) is 0 Å². The van der Waals surface area contributed by atoms with Crippen LogP contribution >= 0.6 is 0 Å². The van der Waals surface area contributed by atoms with E-state index in [0.717, 1.165) is 6.26 Å². The third kappa shape index (κ3) is 3.49. The van der Waals surface area contributed by atoms with Crippen LogP contribution in [0.4, 0.5) is 10.1 Å². The number of hydrogen-bond acceptors (Lipinski definition) is 4. The van der Waals surface area contributed by atoms with E-state index in [1.54, 1.807) is 12.4 Å². The third-order valence-corrected chi connectivity index (χ3v) is 5.60. The maximum atomic E-state index is 13.4. The molecular weight excluding hydrogens is 359 g/mol. The molecule has 1 atom stereocenters. The average Bonchev–Trinajstić information content (AvgIpc) is 2.97. The number of anilines is 1. The molecule has 0 saturated heterocycles. The molecule has 0 radical (unpaired) electrons. The molecule has 2 heterocycles. The molecule has 140 valence electrons. The monoisotopic (exact) mass is 380 g/mol. The van der Waals surface area contributed by atoms with Crippen molar-refractivity contribution >= 4 is 21.6 Å². The van der Waals surface area contributed by atoms with E-state index in [2.05, 4.69) is 10.3 Å². The summed E-state index contributed by atoms with van der Waals surface area (Å²) in [5, 5.41) is 2.63. The molecule has 1 N–H and O–H groups in total. The largest absolute Gasteiger partial charge is 0.330 e. The van der Waals surface area contributed by atoms with Crippen LogP contribution in [0.15, 0.2) is 30.6 Å². The highest BCUT2D eigenvalue weighted by atomic mass is 32.2. The van der Waals surface area contributed by atoms with Gasteiger partial charge in [0.2, 0.25) is 15.9 Å². The van der Waals surface area contributed by atoms with E-state index in [0.29, 0.717) is 17.8 Å². The van der Waals surface area contributed by atoms with Gasteiger partial charge >= 0.3 is 0 Å². The first-order valence-corrected chi connectivity index (χ1v) is 10.1. The Hall–Kier alpha value is -2.26. The summed E-state index contributed by atoms with van der Waals surface area (Å²) < 4.78 is 40.9. The predicted molar refractivity (Wildman–Crippen MR) is 95.6 cm³/mol. The van der Waals surface area contributed by atoms with Gasteiger partial charge in [-0.05, 0) is 32.0 Å². The first-order chi connectivity index (χ1) is 12.2. The van der Waals surface area contributed by atoms with Crippen molar-refractivity contribution < 1.29 is 17.6 Å². The van der Waals surface area contributed by atoms with Crippen molar-refractivity contribution in [3.05, 3.63) is 47.8 Å². The molecule has 0 spiro atoms. The lowest BCUT2D eigenvalue weighted by atomic mass is 10.0. The van der Waals surface area contributed by atoms with E-state index < -0.39 is 27.8 Å². The molecular formula is C17H21FN4O3S. The lowest BCUT2D eigenvalue weighted by Gasteiger charge is -2.34. The Kier molecular flexibility index (Phi) is 4.85. The fourth-order valence-corrected chi connectivity index (χ4v) is 4.18. The summed E-state index contributed by atoms with van der Waals surface area (Å²) in [5.41, 5.74) is 1.54. The third-order valence-electron chi connectivity index (χ3n) is 4.35. The molecule has 7 nitrogen and oxygen atoms in total. The maximum Gasteiger partial charge on any atom is 0.248 e. The molecule has 2 aromatic rings. The van der Waals surface area contributed by atoms with Gasteiger partial charge in [-0.3, -0.25) is 4.79 Å². The van der Waals surface area contributed by atoms with Crippen LogP contribution in [-0.4, -0.2) is 41.0 Å². The minimum atomic E-state index is -3.63. The summed E-state index contributed by atoms with van der Waals surface area (Å²) in [4.78, 5) is 17.3. The number of nitrogens with zero attached hydrogens (tertiary/aromatic N) is 3. The van der Waals surface area contributed by atoms with Crippen molar-refractivity contribution in [3.63, 3.8) is 0 Å². The van der Waals surface area contributed by atoms with Crippen LogP contribution in [0, 0.1) is 5.82 Å². The van der Waals surface area contributed by atoms with E-state index in [1.807, 2.05) is 18.4 Å². The van der Waals surface area contributed by atoms with Crippen LogP contribution in [0.2, 0.25) is 0 Å². The van der Waals surface area contributed by atoms with Gasteiger partial charge in [-0.25, -0.2) is 17.8 Å². The topological polar surface area (TPSA) is 84.3 Å². The molecule has 0 saturated carbocycles. The number of amides is 1. The molecule has 0 fully saturated rings. The van der Waals surface area contributed by atoms with Gasteiger partial charge in [-0.1, -0.05) is 6.07 Å². The summed E-state index contributed by atoms with van der Waals surface area (Å²) in [6, 6.07) is 4.44. The minimum Gasteiger partial charge on any atom is -0.330 e. The highest BCUT2D eigenvalue weighted by Gasteiger charge is 2.41. The predicted octanol–water partition coefficient (Wildman–Crippen LogP) is 2.10. The number of carbonyl (C=O) groups excluding carboxylic acids is 1. The lowest BCUT2D eigenvalue weighted by molar-refractivity contribution is -0.120. The Balaban J connectivity index is 2.05. The molecule has 26 heavy (non-hydrogen) atoms. The Bertz CT molecular complexity index is 939. The zero-order valence-electron chi connectivity index (χ0n) is 14.8. The van der Waals surface area contributed by atoms with Gasteiger partial charge < -0.3 is 9.88 Å². The van der Waals surface area contributed by atoms with Crippen LogP contribution in [0.1, 0.15) is 37.3 Å². The zero-order valence-corrected chi connectivity index (χ0v) is 15.6. The van der Waals surface area contributed by atoms with E-state index in [-0.39, 0.29) is 18.3 Å². The van der Waals surface area contributed by atoms with Gasteiger partial charge in [-0.15, -0.1) is 0 Å². The summed E-state index contributed by atoms with van der Waals surface area (Å²) in [6.07, 6.45) is 3.14. The highest BCUT2D eigenvalue weighted by molar-refractivity contribution is 7.88. The van der Waals surface area contributed by atoms with Crippen molar-refractivity contribution in [2.75, 3.05) is 18.1 Å². The lowest BCUT2D eigenvalue weighted by Crippen LogP contribution is -2.45. The van der Waals surface area contributed by atoms with E-state index >= 15 is 0 Å². The molecule has 0 aliphatic carbocycles. The van der Waals surface area contributed by atoms with Crippen molar-refractivity contribution in [2.24, 2.45) is 0 Å². The smallest absolute Gasteiger partial charge is 0.248 e. The van der Waals surface area contributed by atoms with Crippen LogP contribution in [0.5, 0.6) is 0 Å². The second kappa shape index (κ2) is 6.81. The van der Waals surface area contributed by atoms with Gasteiger partial charge in [0.25, 0.3) is 0 Å². The van der Waals surface area contributed by atoms with Crippen LogP contribution in [0.3, 0.4) is 0 Å². The summed E-state index contributed by atoms with van der Waals surface area (Å²) in [7, 11) is -3.63. The second-order valence-corrected chi connectivity index (χ2v) is 8.54. The van der Waals surface area contributed by atoms with Crippen molar-refractivity contribution in [3.8, 4) is 0 Å². The number of aromatic nitrogens is 2. The first-order valence-electron chi connectivity index (χ1n) is 8.27. The molecule has 1 aliphatic heterocycles. The summed E-state index contributed by atoms with van der Waals surface area (Å²) in [5.74, 6) is -1.02. The SMILES string of the molecule is CC(C)n1cnc2c1[C@H](C(=O)Nc1cccc(F)c1)N(S(C)(=O)=O)CC2. The van der Waals surface area contributed by atoms with Crippen LogP contribution in [0.25, 0.3) is 0 Å². The van der Waals surface area contributed by atoms with Crippen LogP contribution < -0.4 is 5.32 Å². The quantitative estimate of drug-likeness (QED) is 0.880. The molecule has 0 unspecified atom stereocenters. The molecule has 1 aromatic heterocycles. The highest BCUT2D eigenvalue weighted by Crippen LogP contribution is 2.33. The average molecular weight is 380 g/mol. The fraction of sp³-hybridized carbons (Fsp3) is 0.412. The van der Waals surface area contributed by atoms with Crippen LogP contribution in [-0.2, 0) is 21.2 Å². The summed E-state index contributed by atoms with van der Waals surface area (Å²) >= 11 is 0. The molecule has 1 aliphatic rings. The number of benzene rings is 1. The zero-order chi connectivity index (χ0) is 19.1. The van der Waals surface area contributed by atoms with Gasteiger partial charge in [0.05, 0.1) is 24.0 Å². The molecule has 9 heteroatoms. The molecule has 1 aromatic carbocycles. The number of rotatable bonds is 4. The number of nitrogens with one attached hydrogen (secondary N) is 1. The van der Waals surface area contributed by atoms with E-state index in [4.69, 9.17) is 0 Å². The number of sulfonamides is 1.